The van der Waals surface area contributed by atoms with E-state index in [0.717, 1.165) is 26.3 Å². The van der Waals surface area contributed by atoms with E-state index >= 15 is 0 Å². The number of hydrogen-bond acceptors (Lipinski definition) is 2. The number of nitrogens with zero attached hydrogens (tertiary/aromatic N) is 1. The third kappa shape index (κ3) is 5.56. The minimum atomic E-state index is 0. The second kappa shape index (κ2) is 9.01. The molecule has 0 saturated carbocycles. The molecule has 2 nitrogen and oxygen atoms in total. The first-order valence-electron chi connectivity index (χ1n) is 4.62. The van der Waals surface area contributed by atoms with Crippen molar-refractivity contribution in [3.8, 4) is 0 Å². The fourth-order valence-electron chi connectivity index (χ4n) is 1.09. The smallest absolute Gasteiger partial charge is 0.0594 e. The third-order valence-electron chi connectivity index (χ3n) is 1.78. The van der Waals surface area contributed by atoms with E-state index < -0.39 is 0 Å². The van der Waals surface area contributed by atoms with Gasteiger partial charge < -0.3 is 4.74 Å². The van der Waals surface area contributed by atoms with Crippen molar-refractivity contribution in [1.29, 1.82) is 0 Å². The molecule has 0 unspecified atom stereocenters. The molecule has 2 heteroatoms. The molecule has 0 aromatic carbocycles. The van der Waals surface area contributed by atoms with E-state index in [9.17, 15) is 0 Å². The van der Waals surface area contributed by atoms with Crippen LogP contribution in [0.5, 0.6) is 0 Å². The summed E-state index contributed by atoms with van der Waals surface area (Å²) in [6.45, 7) is 12.5. The van der Waals surface area contributed by atoms with Gasteiger partial charge in [0, 0.05) is 19.1 Å². The largest absolute Gasteiger partial charge is 0.379 e. The Kier molecular flexibility index (Phi) is 10.8. The van der Waals surface area contributed by atoms with Crippen LogP contribution >= 0.6 is 0 Å². The summed E-state index contributed by atoms with van der Waals surface area (Å²) >= 11 is 0. The van der Waals surface area contributed by atoms with Crippen molar-refractivity contribution in [2.75, 3.05) is 26.3 Å². The monoisotopic (exact) mass is 175 g/mol. The Bertz CT molecular complexity index is 77.9. The van der Waals surface area contributed by atoms with Crippen LogP contribution in [0.4, 0.5) is 0 Å². The molecule has 1 rings (SSSR count). The van der Waals surface area contributed by atoms with Crippen molar-refractivity contribution in [2.45, 2.75) is 41.2 Å². The van der Waals surface area contributed by atoms with Crippen LogP contribution in [0.2, 0.25) is 0 Å². The second-order valence-electron chi connectivity index (χ2n) is 2.74. The lowest BCUT2D eigenvalue weighted by molar-refractivity contribution is 0.0238. The molecule has 1 aliphatic rings. The molecule has 1 aliphatic heterocycles. The summed E-state index contributed by atoms with van der Waals surface area (Å²) < 4.78 is 5.21. The molecular weight excluding hydrogens is 150 g/mol. The SMILES string of the molecule is C.CC.CC(C)N1CCOCC1. The van der Waals surface area contributed by atoms with Gasteiger partial charge in [-0.15, -0.1) is 0 Å². The molecule has 0 N–H and O–H groups in total. The molecule has 0 aliphatic carbocycles. The van der Waals surface area contributed by atoms with E-state index in [0.29, 0.717) is 6.04 Å². The Morgan fingerprint density at radius 3 is 1.75 bits per heavy atom. The molecule has 0 radical (unpaired) electrons. The van der Waals surface area contributed by atoms with Crippen molar-refractivity contribution in [3.63, 3.8) is 0 Å². The van der Waals surface area contributed by atoms with Gasteiger partial charge in [-0.3, -0.25) is 4.90 Å². The summed E-state index contributed by atoms with van der Waals surface area (Å²) in [7, 11) is 0. The van der Waals surface area contributed by atoms with Gasteiger partial charge in [0.05, 0.1) is 13.2 Å². The van der Waals surface area contributed by atoms with Gasteiger partial charge >= 0.3 is 0 Å². The van der Waals surface area contributed by atoms with Crippen LogP contribution in [-0.4, -0.2) is 37.2 Å². The Morgan fingerprint density at radius 2 is 1.50 bits per heavy atom. The molecule has 0 amide bonds. The highest BCUT2D eigenvalue weighted by Crippen LogP contribution is 2.01. The lowest BCUT2D eigenvalue weighted by atomic mass is 10.3. The summed E-state index contributed by atoms with van der Waals surface area (Å²) in [5.41, 5.74) is 0. The molecule has 0 spiro atoms. The second-order valence-corrected chi connectivity index (χ2v) is 2.74. The average Bonchev–Trinajstić information content (AvgIpc) is 2.10. The van der Waals surface area contributed by atoms with Crippen LogP contribution in [0.15, 0.2) is 0 Å². The molecule has 0 aromatic heterocycles. The zero-order valence-corrected chi connectivity index (χ0v) is 8.26. The van der Waals surface area contributed by atoms with Gasteiger partial charge in [0.1, 0.15) is 0 Å². The Hall–Kier alpha value is -0.0800. The number of ether oxygens (including phenoxy) is 1. The lowest BCUT2D eigenvalue weighted by Gasteiger charge is -2.29. The van der Waals surface area contributed by atoms with Crippen LogP contribution in [0.1, 0.15) is 35.1 Å². The zero-order valence-electron chi connectivity index (χ0n) is 8.26. The molecule has 76 valence electrons. The van der Waals surface area contributed by atoms with Gasteiger partial charge in [0.2, 0.25) is 0 Å². The maximum atomic E-state index is 5.21. The summed E-state index contributed by atoms with van der Waals surface area (Å²) in [4.78, 5) is 2.43. The van der Waals surface area contributed by atoms with Crippen LogP contribution in [-0.2, 0) is 4.74 Å². The fourth-order valence-corrected chi connectivity index (χ4v) is 1.09. The minimum Gasteiger partial charge on any atom is -0.379 e. The summed E-state index contributed by atoms with van der Waals surface area (Å²) in [5.74, 6) is 0. The van der Waals surface area contributed by atoms with E-state index in [-0.39, 0.29) is 7.43 Å². The first-order chi connectivity index (χ1) is 5.30. The van der Waals surface area contributed by atoms with Crippen molar-refractivity contribution in [2.24, 2.45) is 0 Å². The number of hydrogen-bond donors (Lipinski definition) is 0. The van der Waals surface area contributed by atoms with Gasteiger partial charge in [-0.2, -0.15) is 0 Å². The molecule has 1 saturated heterocycles. The highest BCUT2D eigenvalue weighted by Gasteiger charge is 2.11. The first kappa shape index (κ1) is 14.4. The van der Waals surface area contributed by atoms with Crippen molar-refractivity contribution < 1.29 is 4.74 Å². The minimum absolute atomic E-state index is 0. The summed E-state index contributed by atoms with van der Waals surface area (Å²) in [5, 5.41) is 0. The fraction of sp³-hybridized carbons (Fsp3) is 1.00. The summed E-state index contributed by atoms with van der Waals surface area (Å²) in [6, 6.07) is 0.689. The normalized spacial score (nSPS) is 17.8. The Morgan fingerprint density at radius 1 is 1.08 bits per heavy atom. The van der Waals surface area contributed by atoms with E-state index in [4.69, 9.17) is 4.74 Å². The topological polar surface area (TPSA) is 12.5 Å². The zero-order chi connectivity index (χ0) is 8.69. The molecule has 0 atom stereocenters. The van der Waals surface area contributed by atoms with Gasteiger partial charge in [-0.25, -0.2) is 0 Å². The maximum absolute atomic E-state index is 5.21. The molecule has 12 heavy (non-hydrogen) atoms. The standard InChI is InChI=1S/C7H15NO.C2H6.CH4/c1-7(2)8-3-5-9-6-4-8;1-2;/h7H,3-6H2,1-2H3;1-2H3;1H4. The van der Waals surface area contributed by atoms with Gasteiger partial charge in [0.15, 0.2) is 0 Å². The van der Waals surface area contributed by atoms with E-state index in [1.54, 1.807) is 0 Å². The van der Waals surface area contributed by atoms with Crippen molar-refractivity contribution >= 4 is 0 Å². The highest BCUT2D eigenvalue weighted by molar-refractivity contribution is 4.64. The molecule has 0 aromatic rings. The number of rotatable bonds is 1. The Labute approximate surface area is 77.9 Å². The van der Waals surface area contributed by atoms with E-state index in [2.05, 4.69) is 18.7 Å². The quantitative estimate of drug-likeness (QED) is 0.607. The van der Waals surface area contributed by atoms with Crippen molar-refractivity contribution in [1.82, 2.24) is 4.90 Å². The molecule has 1 heterocycles. The van der Waals surface area contributed by atoms with Crippen LogP contribution < -0.4 is 0 Å². The Balaban J connectivity index is 0. The number of morpholine rings is 1. The van der Waals surface area contributed by atoms with Gasteiger partial charge in [0.25, 0.3) is 0 Å². The molecule has 1 fully saturated rings. The predicted octanol–water partition coefficient (Wildman–Crippen LogP) is 2.39. The van der Waals surface area contributed by atoms with Gasteiger partial charge in [-0.1, -0.05) is 21.3 Å². The van der Waals surface area contributed by atoms with E-state index in [1.165, 1.54) is 0 Å². The highest BCUT2D eigenvalue weighted by atomic mass is 16.5. The molecule has 0 bridgehead atoms. The predicted molar refractivity (Wildman–Crippen MR) is 55.6 cm³/mol. The average molecular weight is 175 g/mol. The van der Waals surface area contributed by atoms with E-state index in [1.807, 2.05) is 13.8 Å². The summed E-state index contributed by atoms with van der Waals surface area (Å²) in [6.07, 6.45) is 0. The molecular formula is C10H25NO. The third-order valence-corrected chi connectivity index (χ3v) is 1.78. The van der Waals surface area contributed by atoms with Crippen LogP contribution in [0, 0.1) is 0 Å². The van der Waals surface area contributed by atoms with Crippen LogP contribution in [0.3, 0.4) is 0 Å². The maximum Gasteiger partial charge on any atom is 0.0594 e. The van der Waals surface area contributed by atoms with Crippen LogP contribution in [0.25, 0.3) is 0 Å². The lowest BCUT2D eigenvalue weighted by Crippen LogP contribution is -2.40. The van der Waals surface area contributed by atoms with Gasteiger partial charge in [-0.05, 0) is 13.8 Å². The van der Waals surface area contributed by atoms with Crippen molar-refractivity contribution in [3.05, 3.63) is 0 Å². The first-order valence-corrected chi connectivity index (χ1v) is 4.62.